The number of carbonyl (C=O) groups excluding carboxylic acids is 1. The molecule has 1 aliphatic rings. The van der Waals surface area contributed by atoms with Crippen molar-refractivity contribution in [3.05, 3.63) is 69.3 Å². The second kappa shape index (κ2) is 8.98. The van der Waals surface area contributed by atoms with Crippen LogP contribution in [-0.2, 0) is 21.2 Å². The van der Waals surface area contributed by atoms with E-state index in [2.05, 4.69) is 4.98 Å². The number of sulfonamides is 1. The lowest BCUT2D eigenvalue weighted by atomic mass is 9.99. The Balaban J connectivity index is 1.48. The number of nitrogens with zero attached hydrogens (tertiary/aromatic N) is 3. The van der Waals surface area contributed by atoms with E-state index in [1.165, 1.54) is 16.4 Å². The van der Waals surface area contributed by atoms with Gasteiger partial charge in [0.2, 0.25) is 15.9 Å². The maximum atomic E-state index is 13.0. The molecule has 0 N–H and O–H groups in total. The summed E-state index contributed by atoms with van der Waals surface area (Å²) in [5, 5.41) is 1.47. The molecule has 0 bridgehead atoms. The van der Waals surface area contributed by atoms with E-state index in [1.807, 2.05) is 38.1 Å². The Bertz CT molecular complexity index is 1300. The molecule has 0 spiro atoms. The van der Waals surface area contributed by atoms with Gasteiger partial charge in [-0.15, -0.1) is 0 Å². The molecule has 6 nitrogen and oxygen atoms in total. The number of hydrogen-bond acceptors (Lipinski definition) is 4. The summed E-state index contributed by atoms with van der Waals surface area (Å²) in [6.45, 7) is 4.96. The fourth-order valence-electron chi connectivity index (χ4n) is 4.09. The number of amides is 1. The average Bonchev–Trinajstić information content (AvgIpc) is 2.78. The normalized spacial score (nSPS) is 15.3. The van der Waals surface area contributed by atoms with Crippen molar-refractivity contribution in [3.63, 3.8) is 0 Å². The number of aryl methyl sites for hydroxylation is 2. The summed E-state index contributed by atoms with van der Waals surface area (Å²) >= 11 is 12.1. The highest BCUT2D eigenvalue weighted by atomic mass is 35.5. The molecular weight excluding hydrogens is 469 g/mol. The van der Waals surface area contributed by atoms with Crippen LogP contribution in [0.25, 0.3) is 10.9 Å². The first kappa shape index (κ1) is 23.0. The lowest BCUT2D eigenvalue weighted by Crippen LogP contribution is -2.51. The average molecular weight is 492 g/mol. The van der Waals surface area contributed by atoms with Gasteiger partial charge >= 0.3 is 0 Å². The molecule has 1 aromatic heterocycles. The maximum absolute atomic E-state index is 13.0. The number of halogens is 2. The fraction of sp³-hybridized carbons (Fsp3) is 0.304. The third kappa shape index (κ3) is 4.35. The third-order valence-electron chi connectivity index (χ3n) is 5.92. The Morgan fingerprint density at radius 3 is 2.44 bits per heavy atom. The third-order valence-corrected chi connectivity index (χ3v) is 8.53. The van der Waals surface area contributed by atoms with Gasteiger partial charge in [-0.05, 0) is 49.2 Å². The van der Waals surface area contributed by atoms with E-state index in [9.17, 15) is 13.2 Å². The van der Waals surface area contributed by atoms with Gasteiger partial charge in [0.1, 0.15) is 4.90 Å². The number of pyridine rings is 1. The van der Waals surface area contributed by atoms with Crippen molar-refractivity contribution in [1.82, 2.24) is 14.2 Å². The molecule has 2 aromatic carbocycles. The summed E-state index contributed by atoms with van der Waals surface area (Å²) in [4.78, 5) is 19.4. The van der Waals surface area contributed by atoms with Crippen molar-refractivity contribution in [2.45, 2.75) is 25.2 Å². The number of piperazine rings is 1. The molecule has 32 heavy (non-hydrogen) atoms. The summed E-state index contributed by atoms with van der Waals surface area (Å²) in [7, 11) is -3.79. The van der Waals surface area contributed by atoms with E-state index in [-0.39, 0.29) is 35.3 Å². The number of rotatable bonds is 4. The molecular formula is C23H23Cl2N3O3S. The van der Waals surface area contributed by atoms with Crippen LogP contribution >= 0.6 is 23.2 Å². The van der Waals surface area contributed by atoms with Crippen molar-refractivity contribution in [1.29, 1.82) is 0 Å². The van der Waals surface area contributed by atoms with Crippen LogP contribution < -0.4 is 0 Å². The number of para-hydroxylation sites is 1. The van der Waals surface area contributed by atoms with E-state index in [4.69, 9.17) is 23.2 Å². The summed E-state index contributed by atoms with van der Waals surface area (Å²) in [6.07, 6.45) is 0.238. The topological polar surface area (TPSA) is 70.6 Å². The summed E-state index contributed by atoms with van der Waals surface area (Å²) < 4.78 is 27.4. The zero-order valence-electron chi connectivity index (χ0n) is 17.8. The minimum atomic E-state index is -3.79. The van der Waals surface area contributed by atoms with Gasteiger partial charge < -0.3 is 4.90 Å². The number of carbonyl (C=O) groups is 1. The Morgan fingerprint density at radius 2 is 1.72 bits per heavy atom. The van der Waals surface area contributed by atoms with Crippen LogP contribution in [-0.4, -0.2) is 54.7 Å². The number of aromatic nitrogens is 1. The van der Waals surface area contributed by atoms with Crippen molar-refractivity contribution < 1.29 is 13.2 Å². The summed E-state index contributed by atoms with van der Waals surface area (Å²) in [5.41, 5.74) is 3.73. The quantitative estimate of drug-likeness (QED) is 0.547. The van der Waals surface area contributed by atoms with Gasteiger partial charge in [-0.2, -0.15) is 4.31 Å². The number of fused-ring (bicyclic) bond motifs is 1. The van der Waals surface area contributed by atoms with Crippen molar-refractivity contribution in [3.8, 4) is 0 Å². The van der Waals surface area contributed by atoms with Crippen LogP contribution in [0.1, 0.15) is 16.8 Å². The Hall–Kier alpha value is -2.19. The van der Waals surface area contributed by atoms with E-state index in [0.717, 1.165) is 27.7 Å². The molecule has 4 rings (SSSR count). The molecule has 0 aliphatic carbocycles. The predicted molar refractivity (Wildman–Crippen MR) is 127 cm³/mol. The van der Waals surface area contributed by atoms with Crippen LogP contribution in [0.4, 0.5) is 0 Å². The summed E-state index contributed by atoms with van der Waals surface area (Å²) in [6, 6.07) is 12.3. The second-order valence-electron chi connectivity index (χ2n) is 7.85. The zero-order valence-corrected chi connectivity index (χ0v) is 20.1. The van der Waals surface area contributed by atoms with Crippen LogP contribution in [0.3, 0.4) is 0 Å². The van der Waals surface area contributed by atoms with Crippen molar-refractivity contribution in [2.24, 2.45) is 0 Å². The molecule has 168 valence electrons. The van der Waals surface area contributed by atoms with Crippen LogP contribution in [0.15, 0.2) is 47.4 Å². The minimum Gasteiger partial charge on any atom is -0.340 e. The standard InChI is InChI=1S/C23H23Cl2N3O3S/c1-15-18-5-3-4-6-21(18)26-16(2)19(15)14-23(29)27-9-11-28(12-10-27)32(30,31)22-13-17(24)7-8-20(22)25/h3-8,13H,9-12,14H2,1-2H3. The smallest absolute Gasteiger partial charge is 0.244 e. The zero-order chi connectivity index (χ0) is 23.0. The molecule has 0 unspecified atom stereocenters. The molecule has 1 aliphatic heterocycles. The molecule has 3 aromatic rings. The molecule has 1 amide bonds. The Kier molecular flexibility index (Phi) is 6.45. The number of hydrogen-bond donors (Lipinski definition) is 0. The van der Waals surface area contributed by atoms with Crippen LogP contribution in [0.2, 0.25) is 10.0 Å². The van der Waals surface area contributed by atoms with E-state index in [0.29, 0.717) is 18.1 Å². The van der Waals surface area contributed by atoms with Gasteiger partial charge in [0.15, 0.2) is 0 Å². The molecule has 0 saturated carbocycles. The van der Waals surface area contributed by atoms with E-state index in [1.54, 1.807) is 11.0 Å². The molecule has 0 atom stereocenters. The van der Waals surface area contributed by atoms with Gasteiger partial charge in [0.25, 0.3) is 0 Å². The van der Waals surface area contributed by atoms with Gasteiger partial charge in [-0.25, -0.2) is 8.42 Å². The maximum Gasteiger partial charge on any atom is 0.244 e. The van der Waals surface area contributed by atoms with Gasteiger partial charge in [-0.1, -0.05) is 41.4 Å². The first-order chi connectivity index (χ1) is 15.2. The first-order valence-corrected chi connectivity index (χ1v) is 12.5. The van der Waals surface area contributed by atoms with Crippen LogP contribution in [0.5, 0.6) is 0 Å². The molecule has 9 heteroatoms. The first-order valence-electron chi connectivity index (χ1n) is 10.3. The molecule has 0 radical (unpaired) electrons. The van der Waals surface area contributed by atoms with Crippen molar-refractivity contribution >= 4 is 50.0 Å². The lowest BCUT2D eigenvalue weighted by Gasteiger charge is -2.34. The monoisotopic (exact) mass is 491 g/mol. The largest absolute Gasteiger partial charge is 0.340 e. The van der Waals surface area contributed by atoms with Gasteiger partial charge in [0.05, 0.1) is 17.0 Å². The van der Waals surface area contributed by atoms with Crippen LogP contribution in [0, 0.1) is 13.8 Å². The van der Waals surface area contributed by atoms with Crippen molar-refractivity contribution in [2.75, 3.05) is 26.2 Å². The molecule has 1 fully saturated rings. The van der Waals surface area contributed by atoms with E-state index >= 15 is 0 Å². The second-order valence-corrected chi connectivity index (χ2v) is 10.6. The highest BCUT2D eigenvalue weighted by Gasteiger charge is 2.32. The highest BCUT2D eigenvalue weighted by Crippen LogP contribution is 2.29. The molecule has 1 saturated heterocycles. The minimum absolute atomic E-state index is 0.0140. The fourth-order valence-corrected chi connectivity index (χ4v) is 6.25. The van der Waals surface area contributed by atoms with E-state index < -0.39 is 10.0 Å². The lowest BCUT2D eigenvalue weighted by molar-refractivity contribution is -0.131. The van der Waals surface area contributed by atoms with Gasteiger partial charge in [-0.3, -0.25) is 9.78 Å². The Morgan fingerprint density at radius 1 is 1.03 bits per heavy atom. The highest BCUT2D eigenvalue weighted by molar-refractivity contribution is 7.89. The van der Waals surface area contributed by atoms with Gasteiger partial charge in [0, 0.05) is 42.3 Å². The SMILES string of the molecule is Cc1nc2ccccc2c(C)c1CC(=O)N1CCN(S(=O)(=O)c2cc(Cl)ccc2Cl)CC1. The Labute approximate surface area is 197 Å². The number of benzene rings is 2. The molecule has 2 heterocycles. The predicted octanol–water partition coefficient (Wildman–Crippen LogP) is 4.23. The summed E-state index contributed by atoms with van der Waals surface area (Å²) in [5.74, 6) is -0.0360.